The van der Waals surface area contributed by atoms with Gasteiger partial charge in [-0.2, -0.15) is 0 Å². The van der Waals surface area contributed by atoms with Crippen molar-refractivity contribution in [2.45, 2.75) is 44.1 Å². The second-order valence-electron chi connectivity index (χ2n) is 5.76. The van der Waals surface area contributed by atoms with Crippen LogP contribution < -0.4 is 0 Å². The predicted molar refractivity (Wildman–Crippen MR) is 65.5 cm³/mol. The predicted octanol–water partition coefficient (Wildman–Crippen LogP) is 1.24. The zero-order valence-corrected chi connectivity index (χ0v) is 10.5. The van der Waals surface area contributed by atoms with E-state index in [4.69, 9.17) is 0 Å². The summed E-state index contributed by atoms with van der Waals surface area (Å²) in [5, 5.41) is 9.68. The molecular formula is C14H19NO3. The van der Waals surface area contributed by atoms with Crippen LogP contribution in [0.3, 0.4) is 0 Å². The Bertz CT molecular complexity index is 383. The van der Waals surface area contributed by atoms with E-state index in [1.54, 1.807) is 0 Å². The van der Waals surface area contributed by atoms with Gasteiger partial charge in [0.1, 0.15) is 0 Å². The molecule has 4 nitrogen and oxygen atoms in total. The molecule has 1 heterocycles. The third kappa shape index (κ3) is 1.48. The van der Waals surface area contributed by atoms with Crippen LogP contribution in [-0.4, -0.2) is 34.0 Å². The van der Waals surface area contributed by atoms with Crippen LogP contribution in [-0.2, 0) is 9.59 Å². The van der Waals surface area contributed by atoms with Crippen molar-refractivity contribution in [3.8, 4) is 0 Å². The minimum absolute atomic E-state index is 0.0506. The topological polar surface area (TPSA) is 57.6 Å². The zero-order chi connectivity index (χ0) is 12.8. The highest BCUT2D eigenvalue weighted by Gasteiger charge is 2.55. The minimum atomic E-state index is -0.592. The molecular weight excluding hydrogens is 230 g/mol. The maximum absolute atomic E-state index is 12.5. The molecule has 0 radical (unpaired) electrons. The fraction of sp³-hybridized carbons (Fsp3) is 0.714. The summed E-state index contributed by atoms with van der Waals surface area (Å²) in [5.74, 6) is -0.450. The van der Waals surface area contributed by atoms with Crippen LogP contribution in [0.4, 0.5) is 0 Å². The molecule has 0 aromatic carbocycles. The van der Waals surface area contributed by atoms with Gasteiger partial charge >= 0.3 is 0 Å². The molecule has 1 saturated heterocycles. The summed E-state index contributed by atoms with van der Waals surface area (Å²) < 4.78 is 0. The molecule has 2 unspecified atom stereocenters. The number of fused-ring (bicyclic) bond motifs is 1. The Labute approximate surface area is 107 Å². The molecule has 18 heavy (non-hydrogen) atoms. The first-order valence-electron chi connectivity index (χ1n) is 6.83. The molecule has 3 rings (SSSR count). The summed E-state index contributed by atoms with van der Waals surface area (Å²) in [6.45, 7) is -0.0860. The molecule has 2 aliphatic carbocycles. The number of carbonyl (C=O) groups excluding carboxylic acids is 2. The molecule has 1 saturated carbocycles. The maximum Gasteiger partial charge on any atom is 0.234 e. The van der Waals surface area contributed by atoms with Gasteiger partial charge in [-0.15, -0.1) is 0 Å². The number of hydrogen-bond donors (Lipinski definition) is 1. The highest BCUT2D eigenvalue weighted by molar-refractivity contribution is 6.06. The summed E-state index contributed by atoms with van der Waals surface area (Å²) in [6.07, 6.45) is 8.84. The number of imide groups is 1. The van der Waals surface area contributed by atoms with E-state index in [1.807, 2.05) is 12.2 Å². The van der Waals surface area contributed by atoms with Gasteiger partial charge in [0.2, 0.25) is 11.8 Å². The van der Waals surface area contributed by atoms with Crippen molar-refractivity contribution in [3.05, 3.63) is 12.2 Å². The standard InChI is InChI=1S/C14H19NO3/c16-9-14(7-3-4-8-14)15-12(17)10-5-1-2-6-11(10)13(15)18/h1-2,10-11,16H,3-9H2. The van der Waals surface area contributed by atoms with Crippen LogP contribution >= 0.6 is 0 Å². The number of amides is 2. The van der Waals surface area contributed by atoms with Crippen molar-refractivity contribution < 1.29 is 14.7 Å². The Morgan fingerprint density at radius 1 is 1.11 bits per heavy atom. The van der Waals surface area contributed by atoms with Crippen LogP contribution in [0, 0.1) is 11.8 Å². The lowest BCUT2D eigenvalue weighted by Crippen LogP contribution is -2.53. The van der Waals surface area contributed by atoms with E-state index in [1.165, 1.54) is 4.90 Å². The Morgan fingerprint density at radius 2 is 1.61 bits per heavy atom. The first kappa shape index (κ1) is 11.9. The average Bonchev–Trinajstić information content (AvgIpc) is 2.96. The fourth-order valence-corrected chi connectivity index (χ4v) is 3.75. The van der Waals surface area contributed by atoms with Gasteiger partial charge in [0.25, 0.3) is 0 Å². The third-order valence-electron chi connectivity index (χ3n) is 4.81. The molecule has 0 bridgehead atoms. The fourth-order valence-electron chi connectivity index (χ4n) is 3.75. The van der Waals surface area contributed by atoms with Crippen molar-refractivity contribution in [1.82, 2.24) is 4.90 Å². The molecule has 2 atom stereocenters. The molecule has 0 aromatic rings. The molecule has 1 N–H and O–H groups in total. The molecule has 0 spiro atoms. The van der Waals surface area contributed by atoms with Crippen LogP contribution in [0.15, 0.2) is 12.2 Å². The summed E-state index contributed by atoms with van der Waals surface area (Å²) in [4.78, 5) is 26.4. The van der Waals surface area contributed by atoms with Gasteiger partial charge in [-0.3, -0.25) is 14.5 Å². The summed E-state index contributed by atoms with van der Waals surface area (Å²) >= 11 is 0. The summed E-state index contributed by atoms with van der Waals surface area (Å²) in [6, 6.07) is 0. The number of allylic oxidation sites excluding steroid dienone is 2. The quantitative estimate of drug-likeness (QED) is 0.592. The van der Waals surface area contributed by atoms with Crippen LogP contribution in [0.1, 0.15) is 38.5 Å². The average molecular weight is 249 g/mol. The molecule has 4 heteroatoms. The van der Waals surface area contributed by atoms with Gasteiger partial charge in [-0.1, -0.05) is 25.0 Å². The van der Waals surface area contributed by atoms with E-state index < -0.39 is 5.54 Å². The molecule has 98 valence electrons. The van der Waals surface area contributed by atoms with E-state index >= 15 is 0 Å². The normalized spacial score (nSPS) is 34.2. The highest BCUT2D eigenvalue weighted by atomic mass is 16.3. The number of rotatable bonds is 2. The molecule has 2 amide bonds. The van der Waals surface area contributed by atoms with Crippen molar-refractivity contribution in [2.75, 3.05) is 6.61 Å². The van der Waals surface area contributed by atoms with E-state index in [0.717, 1.165) is 25.7 Å². The lowest BCUT2D eigenvalue weighted by atomic mass is 9.85. The van der Waals surface area contributed by atoms with Gasteiger partial charge in [-0.05, 0) is 25.7 Å². The van der Waals surface area contributed by atoms with E-state index in [0.29, 0.717) is 12.8 Å². The van der Waals surface area contributed by atoms with Crippen molar-refractivity contribution in [3.63, 3.8) is 0 Å². The minimum Gasteiger partial charge on any atom is -0.394 e. The molecule has 0 aromatic heterocycles. The number of likely N-dealkylation sites (tertiary alicyclic amines) is 1. The second-order valence-corrected chi connectivity index (χ2v) is 5.76. The van der Waals surface area contributed by atoms with Crippen molar-refractivity contribution in [2.24, 2.45) is 11.8 Å². The van der Waals surface area contributed by atoms with Crippen LogP contribution in [0.5, 0.6) is 0 Å². The van der Waals surface area contributed by atoms with Gasteiger partial charge in [-0.25, -0.2) is 0 Å². The van der Waals surface area contributed by atoms with Crippen molar-refractivity contribution >= 4 is 11.8 Å². The number of aliphatic hydroxyl groups excluding tert-OH is 1. The number of nitrogens with zero attached hydrogens (tertiary/aromatic N) is 1. The van der Waals surface area contributed by atoms with Gasteiger partial charge in [0, 0.05) is 0 Å². The van der Waals surface area contributed by atoms with E-state index in [2.05, 4.69) is 0 Å². The summed E-state index contributed by atoms with van der Waals surface area (Å²) in [5.41, 5.74) is -0.592. The Hall–Kier alpha value is -1.16. The first-order valence-corrected chi connectivity index (χ1v) is 6.83. The SMILES string of the molecule is O=C1C2CC=CCC2C(=O)N1C1(CO)CCCC1. The number of hydrogen-bond acceptors (Lipinski definition) is 3. The van der Waals surface area contributed by atoms with Gasteiger partial charge in [0.05, 0.1) is 24.0 Å². The lowest BCUT2D eigenvalue weighted by Gasteiger charge is -2.36. The van der Waals surface area contributed by atoms with Crippen molar-refractivity contribution in [1.29, 1.82) is 0 Å². The monoisotopic (exact) mass is 249 g/mol. The zero-order valence-electron chi connectivity index (χ0n) is 10.5. The van der Waals surface area contributed by atoms with Crippen LogP contribution in [0.25, 0.3) is 0 Å². The molecule has 2 fully saturated rings. The highest BCUT2D eigenvalue weighted by Crippen LogP contribution is 2.43. The first-order chi connectivity index (χ1) is 8.69. The molecule has 1 aliphatic heterocycles. The van der Waals surface area contributed by atoms with Gasteiger partial charge in [0.15, 0.2) is 0 Å². The largest absolute Gasteiger partial charge is 0.394 e. The smallest absolute Gasteiger partial charge is 0.234 e. The lowest BCUT2D eigenvalue weighted by molar-refractivity contribution is -0.149. The maximum atomic E-state index is 12.5. The third-order valence-corrected chi connectivity index (χ3v) is 4.81. The Kier molecular flexibility index (Phi) is 2.77. The van der Waals surface area contributed by atoms with Crippen LogP contribution in [0.2, 0.25) is 0 Å². The number of aliphatic hydroxyl groups is 1. The Balaban J connectivity index is 1.93. The van der Waals surface area contributed by atoms with E-state index in [9.17, 15) is 14.7 Å². The Morgan fingerprint density at radius 3 is 2.06 bits per heavy atom. The number of carbonyl (C=O) groups is 2. The second kappa shape index (κ2) is 4.19. The summed E-state index contributed by atoms with van der Waals surface area (Å²) in [7, 11) is 0. The molecule has 3 aliphatic rings. The van der Waals surface area contributed by atoms with Gasteiger partial charge < -0.3 is 5.11 Å². The van der Waals surface area contributed by atoms with E-state index in [-0.39, 0.29) is 30.3 Å².